The monoisotopic (exact) mass is 523 g/mol. The van der Waals surface area contributed by atoms with Crippen LogP contribution in [0.25, 0.3) is 11.3 Å². The van der Waals surface area contributed by atoms with Gasteiger partial charge in [-0.1, -0.05) is 0 Å². The Labute approximate surface area is 208 Å². The van der Waals surface area contributed by atoms with E-state index in [9.17, 15) is 22.0 Å². The smallest absolute Gasteiger partial charge is 0.416 e. The highest BCUT2D eigenvalue weighted by Crippen LogP contribution is 2.33. The van der Waals surface area contributed by atoms with Crippen molar-refractivity contribution in [3.63, 3.8) is 0 Å². The van der Waals surface area contributed by atoms with Crippen molar-refractivity contribution in [3.8, 4) is 17.1 Å². The molecule has 0 bridgehead atoms. The van der Waals surface area contributed by atoms with Gasteiger partial charge in [-0.3, -0.25) is 9.97 Å². The first kappa shape index (κ1) is 26.1. The average Bonchev–Trinajstić information content (AvgIpc) is 2.88. The normalized spacial score (nSPS) is 14.8. The quantitative estimate of drug-likeness (QED) is 0.283. The van der Waals surface area contributed by atoms with Crippen LogP contribution in [0, 0.1) is 6.92 Å². The van der Waals surface area contributed by atoms with Crippen LogP contribution in [-0.2, 0) is 10.9 Å². The molecule has 0 aliphatic carbocycles. The summed E-state index contributed by atoms with van der Waals surface area (Å²) in [4.78, 5) is 14.2. The number of aliphatic imine (C=N–C) groups is 1. The molecule has 0 unspecified atom stereocenters. The highest BCUT2D eigenvalue weighted by molar-refractivity contribution is 5.97. The molecular weight excluding hydrogens is 501 g/mol. The van der Waals surface area contributed by atoms with E-state index in [1.165, 1.54) is 6.20 Å². The summed E-state index contributed by atoms with van der Waals surface area (Å²) in [5.41, 5.74) is 7.02. The van der Waals surface area contributed by atoms with Gasteiger partial charge in [-0.15, -0.1) is 10.2 Å². The fraction of sp³-hybridized carbons (Fsp3) is 0.348. The molecule has 196 valence electrons. The van der Waals surface area contributed by atoms with Gasteiger partial charge in [0.2, 0.25) is 0 Å². The number of aromatic nitrogens is 4. The standard InChI is InChI=1S/C23H22F5N7O2/c1-13-16(9-15(11-31-13)32-21(29)18-8-14(2-3-30-18)23(26,27)28)17-10-19(35-4-6-36-7-5-35)22(34-33-17)37-12-20(24)25/h2-3,8-11,20H,4-7,12H2,1H3,(H2,29,32). The molecule has 4 heterocycles. The number of pyridine rings is 2. The SMILES string of the molecule is Cc1ncc(N=C(N)c2cc(C(F)(F)F)ccn2)cc1-c1cc(N2CCOCC2)c(OCC(F)F)nn1. The highest BCUT2D eigenvalue weighted by Gasteiger charge is 2.31. The molecule has 2 N–H and O–H groups in total. The Kier molecular flexibility index (Phi) is 7.76. The topological polar surface area (TPSA) is 112 Å². The minimum Gasteiger partial charge on any atom is -0.469 e. The van der Waals surface area contributed by atoms with E-state index >= 15 is 0 Å². The van der Waals surface area contributed by atoms with Gasteiger partial charge in [0, 0.05) is 30.5 Å². The Hall–Kier alpha value is -3.94. The Balaban J connectivity index is 1.69. The molecule has 0 spiro atoms. The van der Waals surface area contributed by atoms with Crippen molar-refractivity contribution in [2.45, 2.75) is 19.5 Å². The van der Waals surface area contributed by atoms with Gasteiger partial charge in [0.05, 0.1) is 36.4 Å². The number of anilines is 1. The van der Waals surface area contributed by atoms with E-state index in [1.807, 2.05) is 4.90 Å². The summed E-state index contributed by atoms with van der Waals surface area (Å²) < 4.78 is 75.2. The summed E-state index contributed by atoms with van der Waals surface area (Å²) >= 11 is 0. The summed E-state index contributed by atoms with van der Waals surface area (Å²) in [6, 6.07) is 4.88. The van der Waals surface area contributed by atoms with Gasteiger partial charge >= 0.3 is 6.18 Å². The molecule has 1 aliphatic rings. The Morgan fingerprint density at radius 1 is 1.16 bits per heavy atom. The Morgan fingerprint density at radius 3 is 2.62 bits per heavy atom. The number of morpholine rings is 1. The lowest BCUT2D eigenvalue weighted by molar-refractivity contribution is -0.137. The summed E-state index contributed by atoms with van der Waals surface area (Å²) in [6.45, 7) is 2.77. The second-order valence-electron chi connectivity index (χ2n) is 7.97. The molecular formula is C23H22F5N7O2. The second-order valence-corrected chi connectivity index (χ2v) is 7.97. The summed E-state index contributed by atoms with van der Waals surface area (Å²) in [5.74, 6) is -0.274. The van der Waals surface area contributed by atoms with E-state index in [2.05, 4.69) is 25.2 Å². The van der Waals surface area contributed by atoms with Crippen molar-refractivity contribution in [1.82, 2.24) is 20.2 Å². The lowest BCUT2D eigenvalue weighted by atomic mass is 10.1. The van der Waals surface area contributed by atoms with Gasteiger partial charge in [-0.2, -0.15) is 13.2 Å². The molecule has 1 fully saturated rings. The number of aryl methyl sites for hydroxylation is 1. The van der Waals surface area contributed by atoms with E-state index in [4.69, 9.17) is 15.2 Å². The third-order valence-corrected chi connectivity index (χ3v) is 5.39. The molecule has 1 aliphatic heterocycles. The largest absolute Gasteiger partial charge is 0.469 e. The van der Waals surface area contributed by atoms with Gasteiger partial charge < -0.3 is 20.1 Å². The van der Waals surface area contributed by atoms with Crippen LogP contribution in [0.15, 0.2) is 41.7 Å². The molecule has 0 atom stereocenters. The lowest BCUT2D eigenvalue weighted by Crippen LogP contribution is -2.36. The van der Waals surface area contributed by atoms with Crippen molar-refractivity contribution >= 4 is 17.2 Å². The van der Waals surface area contributed by atoms with E-state index < -0.39 is 24.8 Å². The van der Waals surface area contributed by atoms with E-state index in [1.54, 1.807) is 19.1 Å². The zero-order valence-electron chi connectivity index (χ0n) is 19.5. The predicted molar refractivity (Wildman–Crippen MR) is 124 cm³/mol. The van der Waals surface area contributed by atoms with Gasteiger partial charge in [-0.05, 0) is 31.2 Å². The molecule has 0 saturated carbocycles. The fourth-order valence-corrected chi connectivity index (χ4v) is 3.56. The second kappa shape index (κ2) is 11.0. The summed E-state index contributed by atoms with van der Waals surface area (Å²) in [7, 11) is 0. The van der Waals surface area contributed by atoms with Crippen LogP contribution in [-0.4, -0.2) is 65.3 Å². The number of ether oxygens (including phenoxy) is 2. The van der Waals surface area contributed by atoms with E-state index in [-0.39, 0.29) is 23.1 Å². The van der Waals surface area contributed by atoms with Crippen LogP contribution in [0.3, 0.4) is 0 Å². The predicted octanol–water partition coefficient (Wildman–Crippen LogP) is 3.78. The average molecular weight is 523 g/mol. The van der Waals surface area contributed by atoms with Crippen LogP contribution in [0.1, 0.15) is 17.0 Å². The minimum atomic E-state index is -4.56. The van der Waals surface area contributed by atoms with Crippen LogP contribution in [0.4, 0.5) is 33.3 Å². The number of amidine groups is 1. The number of hydrogen-bond donors (Lipinski definition) is 1. The maximum atomic E-state index is 13.0. The zero-order chi connectivity index (χ0) is 26.6. The number of alkyl halides is 5. The maximum absolute atomic E-state index is 13.0. The van der Waals surface area contributed by atoms with Crippen LogP contribution >= 0.6 is 0 Å². The summed E-state index contributed by atoms with van der Waals surface area (Å²) in [5, 5.41) is 8.15. The lowest BCUT2D eigenvalue weighted by Gasteiger charge is -2.29. The van der Waals surface area contributed by atoms with Crippen molar-refractivity contribution in [2.75, 3.05) is 37.8 Å². The molecule has 37 heavy (non-hydrogen) atoms. The van der Waals surface area contributed by atoms with Crippen molar-refractivity contribution in [1.29, 1.82) is 0 Å². The van der Waals surface area contributed by atoms with Crippen molar-refractivity contribution in [2.24, 2.45) is 10.7 Å². The molecule has 4 rings (SSSR count). The third-order valence-electron chi connectivity index (χ3n) is 5.39. The number of nitrogens with zero attached hydrogens (tertiary/aromatic N) is 6. The van der Waals surface area contributed by atoms with Gasteiger partial charge in [0.25, 0.3) is 12.3 Å². The van der Waals surface area contributed by atoms with Gasteiger partial charge in [-0.25, -0.2) is 13.8 Å². The molecule has 1 saturated heterocycles. The van der Waals surface area contributed by atoms with Gasteiger partial charge in [0.1, 0.15) is 17.2 Å². The van der Waals surface area contributed by atoms with Crippen LogP contribution in [0.2, 0.25) is 0 Å². The molecule has 3 aromatic heterocycles. The van der Waals surface area contributed by atoms with Gasteiger partial charge in [0.15, 0.2) is 6.61 Å². The first-order chi connectivity index (χ1) is 17.6. The minimum absolute atomic E-state index is 0.0365. The number of halogens is 5. The zero-order valence-corrected chi connectivity index (χ0v) is 19.5. The first-order valence-corrected chi connectivity index (χ1v) is 11.1. The van der Waals surface area contributed by atoms with Crippen LogP contribution in [0.5, 0.6) is 5.88 Å². The number of hydrogen-bond acceptors (Lipinski definition) is 8. The van der Waals surface area contributed by atoms with E-state index in [0.717, 1.165) is 18.3 Å². The van der Waals surface area contributed by atoms with Crippen molar-refractivity contribution < 1.29 is 31.4 Å². The Morgan fingerprint density at radius 2 is 1.92 bits per heavy atom. The highest BCUT2D eigenvalue weighted by atomic mass is 19.4. The first-order valence-electron chi connectivity index (χ1n) is 11.1. The molecule has 3 aromatic rings. The number of nitrogens with two attached hydrogens (primary N) is 1. The molecule has 0 aromatic carbocycles. The summed E-state index contributed by atoms with van der Waals surface area (Å²) in [6.07, 6.45) is -4.84. The molecule has 0 amide bonds. The maximum Gasteiger partial charge on any atom is 0.416 e. The Bertz CT molecular complexity index is 1280. The molecule has 14 heteroatoms. The molecule has 0 radical (unpaired) electrons. The third kappa shape index (κ3) is 6.44. The van der Waals surface area contributed by atoms with E-state index in [0.29, 0.717) is 48.9 Å². The van der Waals surface area contributed by atoms with Crippen LogP contribution < -0.4 is 15.4 Å². The fourth-order valence-electron chi connectivity index (χ4n) is 3.56. The molecule has 9 nitrogen and oxygen atoms in total. The van der Waals surface area contributed by atoms with Crippen molar-refractivity contribution in [3.05, 3.63) is 53.6 Å². The number of rotatable bonds is 7.